The maximum Gasteiger partial charge on any atom is 0.130 e. The summed E-state index contributed by atoms with van der Waals surface area (Å²) in [6.07, 6.45) is 1.53. The van der Waals surface area contributed by atoms with E-state index in [4.69, 9.17) is 10.5 Å². The molecule has 4 heteroatoms. The van der Waals surface area contributed by atoms with Gasteiger partial charge in [0.05, 0.1) is 11.4 Å². The predicted octanol–water partition coefficient (Wildman–Crippen LogP) is 4.84. The Morgan fingerprint density at radius 3 is 1.81 bits per heavy atom. The molecule has 4 nitrogen and oxygen atoms in total. The Hall–Kier alpha value is -3.24. The second-order valence-electron chi connectivity index (χ2n) is 4.41. The van der Waals surface area contributed by atoms with Crippen molar-refractivity contribution in [3.8, 4) is 12.1 Å². The van der Waals surface area contributed by atoms with E-state index in [-0.39, 0.29) is 5.57 Å². The van der Waals surface area contributed by atoms with Gasteiger partial charge in [0.15, 0.2) is 0 Å². The van der Waals surface area contributed by atoms with Crippen molar-refractivity contribution in [2.75, 3.05) is 0 Å². The van der Waals surface area contributed by atoms with Crippen molar-refractivity contribution < 1.29 is 0 Å². The van der Waals surface area contributed by atoms with Gasteiger partial charge in [-0.15, -0.1) is 0 Å². The molecule has 0 amide bonds. The van der Waals surface area contributed by atoms with Crippen molar-refractivity contribution in [1.29, 1.82) is 10.5 Å². The standard InChI is InChI=1S/C17H12N4/c1-13-2-6-16(7-3-13)20-21-17-8-4-14(5-9-17)10-15(11-18)12-19/h2-10H,1H3. The lowest BCUT2D eigenvalue weighted by molar-refractivity contribution is 1.23. The number of hydrogen-bond donors (Lipinski definition) is 0. The Labute approximate surface area is 123 Å². The molecule has 0 radical (unpaired) electrons. The van der Waals surface area contributed by atoms with Crippen molar-refractivity contribution in [3.05, 3.63) is 65.2 Å². The fraction of sp³-hybridized carbons (Fsp3) is 0.0588. The third kappa shape index (κ3) is 4.12. The summed E-state index contributed by atoms with van der Waals surface area (Å²) in [6, 6.07) is 18.6. The number of azo groups is 1. The third-order valence-corrected chi connectivity index (χ3v) is 2.76. The largest absolute Gasteiger partial charge is 0.192 e. The van der Waals surface area contributed by atoms with Crippen LogP contribution in [0.5, 0.6) is 0 Å². The SMILES string of the molecule is Cc1ccc(N=Nc2ccc(C=C(C#N)C#N)cc2)cc1. The molecule has 0 saturated carbocycles. The predicted molar refractivity (Wildman–Crippen MR) is 81.0 cm³/mol. The molecule has 0 heterocycles. The zero-order chi connectivity index (χ0) is 15.1. The van der Waals surface area contributed by atoms with Crippen LogP contribution in [0, 0.1) is 29.6 Å². The van der Waals surface area contributed by atoms with Crippen molar-refractivity contribution in [2.45, 2.75) is 6.92 Å². The van der Waals surface area contributed by atoms with Crippen LogP contribution in [0.25, 0.3) is 6.08 Å². The van der Waals surface area contributed by atoms with E-state index in [0.29, 0.717) is 5.69 Å². The second kappa shape index (κ2) is 6.79. The minimum absolute atomic E-state index is 0.0732. The van der Waals surface area contributed by atoms with Crippen LogP contribution in [0.1, 0.15) is 11.1 Å². The maximum absolute atomic E-state index is 8.70. The van der Waals surface area contributed by atoms with E-state index in [1.54, 1.807) is 24.3 Å². The van der Waals surface area contributed by atoms with Crippen molar-refractivity contribution >= 4 is 17.5 Å². The average molecular weight is 272 g/mol. The Bertz CT molecular complexity index is 738. The van der Waals surface area contributed by atoms with E-state index in [0.717, 1.165) is 11.3 Å². The molecule has 0 aliphatic carbocycles. The second-order valence-corrected chi connectivity index (χ2v) is 4.41. The molecule has 0 aromatic heterocycles. The van der Waals surface area contributed by atoms with Crippen LogP contribution in [0.4, 0.5) is 11.4 Å². The van der Waals surface area contributed by atoms with Gasteiger partial charge in [0.1, 0.15) is 17.7 Å². The van der Waals surface area contributed by atoms with Gasteiger partial charge in [0, 0.05) is 0 Å². The van der Waals surface area contributed by atoms with Gasteiger partial charge in [-0.05, 0) is 42.8 Å². The van der Waals surface area contributed by atoms with Gasteiger partial charge in [0.25, 0.3) is 0 Å². The highest BCUT2D eigenvalue weighted by molar-refractivity contribution is 5.63. The summed E-state index contributed by atoms with van der Waals surface area (Å²) in [4.78, 5) is 0. The quantitative estimate of drug-likeness (QED) is 0.592. The molecule has 0 spiro atoms. The lowest BCUT2D eigenvalue weighted by Crippen LogP contribution is -1.75. The molecule has 2 rings (SSSR count). The summed E-state index contributed by atoms with van der Waals surface area (Å²) >= 11 is 0. The van der Waals surface area contributed by atoms with Crippen LogP contribution in [0.15, 0.2) is 64.3 Å². The van der Waals surface area contributed by atoms with Gasteiger partial charge in [0.2, 0.25) is 0 Å². The summed E-state index contributed by atoms with van der Waals surface area (Å²) in [5, 5.41) is 25.7. The number of hydrogen-bond acceptors (Lipinski definition) is 4. The van der Waals surface area contributed by atoms with Crippen LogP contribution in [0.2, 0.25) is 0 Å². The first-order valence-electron chi connectivity index (χ1n) is 6.31. The fourth-order valence-electron chi connectivity index (χ4n) is 1.62. The summed E-state index contributed by atoms with van der Waals surface area (Å²) in [5.74, 6) is 0. The molecule has 100 valence electrons. The van der Waals surface area contributed by atoms with E-state index >= 15 is 0 Å². The van der Waals surface area contributed by atoms with Crippen LogP contribution in [-0.2, 0) is 0 Å². The Balaban J connectivity index is 2.13. The van der Waals surface area contributed by atoms with E-state index in [9.17, 15) is 0 Å². The van der Waals surface area contributed by atoms with E-state index in [2.05, 4.69) is 10.2 Å². The fourth-order valence-corrected chi connectivity index (χ4v) is 1.62. The number of aryl methyl sites for hydroxylation is 1. The van der Waals surface area contributed by atoms with Gasteiger partial charge in [-0.2, -0.15) is 20.8 Å². The van der Waals surface area contributed by atoms with Crippen LogP contribution < -0.4 is 0 Å². The highest BCUT2D eigenvalue weighted by atomic mass is 15.1. The third-order valence-electron chi connectivity index (χ3n) is 2.76. The summed E-state index contributed by atoms with van der Waals surface area (Å²) < 4.78 is 0. The van der Waals surface area contributed by atoms with Crippen LogP contribution in [-0.4, -0.2) is 0 Å². The van der Waals surface area contributed by atoms with Gasteiger partial charge in [-0.25, -0.2) is 0 Å². The molecule has 2 aromatic carbocycles. The summed E-state index contributed by atoms with van der Waals surface area (Å²) in [7, 11) is 0. The number of benzene rings is 2. The van der Waals surface area contributed by atoms with Gasteiger partial charge < -0.3 is 0 Å². The first-order chi connectivity index (χ1) is 10.2. The van der Waals surface area contributed by atoms with Gasteiger partial charge in [-0.3, -0.25) is 0 Å². The molecular weight excluding hydrogens is 260 g/mol. The topological polar surface area (TPSA) is 72.3 Å². The van der Waals surface area contributed by atoms with E-state index in [1.807, 2.05) is 43.3 Å². The molecule has 0 saturated heterocycles. The zero-order valence-corrected chi connectivity index (χ0v) is 11.5. The Kier molecular flexibility index (Phi) is 4.58. The summed E-state index contributed by atoms with van der Waals surface area (Å²) in [5.41, 5.74) is 3.53. The van der Waals surface area contributed by atoms with Crippen molar-refractivity contribution in [3.63, 3.8) is 0 Å². The Morgan fingerprint density at radius 2 is 1.33 bits per heavy atom. The van der Waals surface area contributed by atoms with Crippen LogP contribution in [0.3, 0.4) is 0 Å². The van der Waals surface area contributed by atoms with E-state index < -0.39 is 0 Å². The zero-order valence-electron chi connectivity index (χ0n) is 11.5. The first-order valence-corrected chi connectivity index (χ1v) is 6.31. The van der Waals surface area contributed by atoms with Crippen molar-refractivity contribution in [1.82, 2.24) is 0 Å². The monoisotopic (exact) mass is 272 g/mol. The molecule has 0 N–H and O–H groups in total. The Morgan fingerprint density at radius 1 is 0.857 bits per heavy atom. The highest BCUT2D eigenvalue weighted by Gasteiger charge is 1.95. The van der Waals surface area contributed by atoms with Gasteiger partial charge in [-0.1, -0.05) is 29.8 Å². The number of allylic oxidation sites excluding steroid dienone is 1. The molecule has 21 heavy (non-hydrogen) atoms. The molecule has 0 aliphatic heterocycles. The van der Waals surface area contributed by atoms with E-state index in [1.165, 1.54) is 11.6 Å². The molecule has 0 unspecified atom stereocenters. The highest BCUT2D eigenvalue weighted by Crippen LogP contribution is 2.19. The normalized spacial score (nSPS) is 9.86. The lowest BCUT2D eigenvalue weighted by Gasteiger charge is -1.96. The van der Waals surface area contributed by atoms with Crippen LogP contribution >= 0.6 is 0 Å². The van der Waals surface area contributed by atoms with Gasteiger partial charge >= 0.3 is 0 Å². The number of nitriles is 2. The molecule has 0 fully saturated rings. The molecular formula is C17H12N4. The summed E-state index contributed by atoms with van der Waals surface area (Å²) in [6.45, 7) is 2.02. The maximum atomic E-state index is 8.70. The number of nitrogens with zero attached hydrogens (tertiary/aromatic N) is 4. The molecule has 0 aliphatic rings. The van der Waals surface area contributed by atoms with Crippen molar-refractivity contribution in [2.24, 2.45) is 10.2 Å². The molecule has 2 aromatic rings. The smallest absolute Gasteiger partial charge is 0.130 e. The minimum Gasteiger partial charge on any atom is -0.192 e. The molecule has 0 atom stereocenters. The average Bonchev–Trinajstić information content (AvgIpc) is 2.53. The molecule has 0 bridgehead atoms. The number of rotatable bonds is 3. The minimum atomic E-state index is 0.0732. The lowest BCUT2D eigenvalue weighted by atomic mass is 10.1. The first kappa shape index (κ1) is 14.2.